The average molecular weight is 217 g/mol. The standard InChI is InChI=1S/C12H12FN3/c1-8-4-9(13)5-12-11(8)6-10(7-15)16(12)3-2-14/h4-6H,2-3,14H2,1H3. The molecule has 0 atom stereocenters. The molecule has 3 nitrogen and oxygen atoms in total. The van der Waals surface area contributed by atoms with Crippen molar-refractivity contribution in [2.75, 3.05) is 6.54 Å². The number of aromatic nitrogens is 1. The van der Waals surface area contributed by atoms with Crippen molar-refractivity contribution in [3.63, 3.8) is 0 Å². The van der Waals surface area contributed by atoms with Crippen LogP contribution in [0.4, 0.5) is 4.39 Å². The second kappa shape index (κ2) is 3.95. The van der Waals surface area contributed by atoms with Crippen LogP contribution in [0.1, 0.15) is 11.3 Å². The van der Waals surface area contributed by atoms with Crippen LogP contribution in [0.2, 0.25) is 0 Å². The first-order valence-corrected chi connectivity index (χ1v) is 5.07. The van der Waals surface area contributed by atoms with Crippen LogP contribution in [-0.4, -0.2) is 11.1 Å². The van der Waals surface area contributed by atoms with Gasteiger partial charge in [0.2, 0.25) is 0 Å². The maximum Gasteiger partial charge on any atom is 0.125 e. The Morgan fingerprint density at radius 1 is 1.44 bits per heavy atom. The molecule has 2 rings (SSSR count). The van der Waals surface area contributed by atoms with Crippen LogP contribution < -0.4 is 5.73 Å². The smallest absolute Gasteiger partial charge is 0.125 e. The monoisotopic (exact) mass is 217 g/mol. The van der Waals surface area contributed by atoms with Gasteiger partial charge in [-0.25, -0.2) is 4.39 Å². The molecule has 1 aromatic heterocycles. The van der Waals surface area contributed by atoms with E-state index >= 15 is 0 Å². The van der Waals surface area contributed by atoms with Crippen LogP contribution in [0.25, 0.3) is 10.9 Å². The highest BCUT2D eigenvalue weighted by atomic mass is 19.1. The van der Waals surface area contributed by atoms with E-state index in [0.29, 0.717) is 18.8 Å². The molecule has 0 radical (unpaired) electrons. The number of nitrogens with zero attached hydrogens (tertiary/aromatic N) is 2. The molecule has 0 fully saturated rings. The molecular weight excluding hydrogens is 205 g/mol. The lowest BCUT2D eigenvalue weighted by Crippen LogP contribution is -2.11. The third-order valence-corrected chi connectivity index (χ3v) is 2.66. The van der Waals surface area contributed by atoms with Crippen molar-refractivity contribution >= 4 is 10.9 Å². The number of nitriles is 1. The third kappa shape index (κ3) is 1.55. The van der Waals surface area contributed by atoms with Gasteiger partial charge in [-0.1, -0.05) is 0 Å². The van der Waals surface area contributed by atoms with E-state index in [1.54, 1.807) is 10.6 Å². The molecule has 0 aliphatic carbocycles. The fraction of sp³-hybridized carbons (Fsp3) is 0.250. The minimum absolute atomic E-state index is 0.286. The minimum atomic E-state index is -0.286. The first-order valence-electron chi connectivity index (χ1n) is 5.07. The van der Waals surface area contributed by atoms with Gasteiger partial charge >= 0.3 is 0 Å². The van der Waals surface area contributed by atoms with Crippen LogP contribution in [0.3, 0.4) is 0 Å². The van der Waals surface area contributed by atoms with Crippen LogP contribution in [0.5, 0.6) is 0 Å². The number of benzene rings is 1. The molecule has 82 valence electrons. The summed E-state index contributed by atoms with van der Waals surface area (Å²) in [6, 6.07) is 6.79. The number of rotatable bonds is 2. The van der Waals surface area contributed by atoms with E-state index in [-0.39, 0.29) is 5.82 Å². The van der Waals surface area contributed by atoms with Gasteiger partial charge in [0.1, 0.15) is 17.6 Å². The molecule has 0 spiro atoms. The molecule has 0 saturated heterocycles. The molecule has 1 heterocycles. The van der Waals surface area contributed by atoms with Crippen molar-refractivity contribution in [3.8, 4) is 6.07 Å². The second-order valence-corrected chi connectivity index (χ2v) is 3.74. The maximum atomic E-state index is 13.3. The first-order chi connectivity index (χ1) is 7.67. The topological polar surface area (TPSA) is 54.7 Å². The first kappa shape index (κ1) is 10.7. The third-order valence-electron chi connectivity index (χ3n) is 2.66. The normalized spacial score (nSPS) is 10.6. The van der Waals surface area contributed by atoms with Gasteiger partial charge in [0.25, 0.3) is 0 Å². The Kier molecular flexibility index (Phi) is 2.63. The zero-order valence-corrected chi connectivity index (χ0v) is 9.00. The van der Waals surface area contributed by atoms with Crippen molar-refractivity contribution in [3.05, 3.63) is 35.3 Å². The maximum absolute atomic E-state index is 13.3. The van der Waals surface area contributed by atoms with Gasteiger partial charge in [0, 0.05) is 18.5 Å². The molecule has 0 aliphatic heterocycles. The van der Waals surface area contributed by atoms with Crippen molar-refractivity contribution in [2.45, 2.75) is 13.5 Å². The number of aryl methyl sites for hydroxylation is 1. The highest BCUT2D eigenvalue weighted by Gasteiger charge is 2.10. The fourth-order valence-corrected chi connectivity index (χ4v) is 1.95. The summed E-state index contributed by atoms with van der Waals surface area (Å²) < 4.78 is 15.1. The molecule has 2 N–H and O–H groups in total. The highest BCUT2D eigenvalue weighted by Crippen LogP contribution is 2.24. The molecule has 0 saturated carbocycles. The van der Waals surface area contributed by atoms with Gasteiger partial charge in [-0.05, 0) is 30.7 Å². The van der Waals surface area contributed by atoms with Gasteiger partial charge in [-0.15, -0.1) is 0 Å². The lowest BCUT2D eigenvalue weighted by molar-refractivity contribution is 0.626. The van der Waals surface area contributed by atoms with Crippen LogP contribution in [-0.2, 0) is 6.54 Å². The number of fused-ring (bicyclic) bond motifs is 1. The zero-order valence-electron chi connectivity index (χ0n) is 9.00. The molecule has 0 amide bonds. The predicted molar refractivity (Wildman–Crippen MR) is 60.4 cm³/mol. The van der Waals surface area contributed by atoms with Gasteiger partial charge < -0.3 is 10.3 Å². The van der Waals surface area contributed by atoms with E-state index in [1.165, 1.54) is 12.1 Å². The van der Waals surface area contributed by atoms with Crippen molar-refractivity contribution in [1.29, 1.82) is 5.26 Å². The van der Waals surface area contributed by atoms with Crippen molar-refractivity contribution in [2.24, 2.45) is 5.73 Å². The number of halogens is 1. The average Bonchev–Trinajstić information content (AvgIpc) is 2.58. The molecule has 1 aromatic carbocycles. The summed E-state index contributed by atoms with van der Waals surface area (Å²) in [6.45, 7) is 2.78. The van der Waals surface area contributed by atoms with E-state index in [0.717, 1.165) is 16.5 Å². The Labute approximate surface area is 92.9 Å². The second-order valence-electron chi connectivity index (χ2n) is 3.74. The van der Waals surface area contributed by atoms with E-state index < -0.39 is 0 Å². The number of nitrogens with two attached hydrogens (primary N) is 1. The van der Waals surface area contributed by atoms with Gasteiger partial charge in [0.15, 0.2) is 0 Å². The summed E-state index contributed by atoms with van der Waals surface area (Å²) in [6.07, 6.45) is 0. The summed E-state index contributed by atoms with van der Waals surface area (Å²) in [5, 5.41) is 9.91. The Balaban J connectivity index is 2.80. The van der Waals surface area contributed by atoms with Gasteiger partial charge in [-0.3, -0.25) is 0 Å². The molecule has 16 heavy (non-hydrogen) atoms. The lowest BCUT2D eigenvalue weighted by atomic mass is 10.1. The van der Waals surface area contributed by atoms with E-state index in [9.17, 15) is 4.39 Å². The Hall–Kier alpha value is -1.86. The number of hydrogen-bond donors (Lipinski definition) is 1. The van der Waals surface area contributed by atoms with E-state index in [1.807, 2.05) is 6.92 Å². The highest BCUT2D eigenvalue weighted by molar-refractivity contribution is 5.85. The largest absolute Gasteiger partial charge is 0.331 e. The van der Waals surface area contributed by atoms with Gasteiger partial charge in [0.05, 0.1) is 5.52 Å². The van der Waals surface area contributed by atoms with Gasteiger partial charge in [-0.2, -0.15) is 5.26 Å². The summed E-state index contributed by atoms with van der Waals surface area (Å²) in [4.78, 5) is 0. The summed E-state index contributed by atoms with van der Waals surface area (Å²) >= 11 is 0. The van der Waals surface area contributed by atoms with E-state index in [2.05, 4.69) is 6.07 Å². The molecule has 0 aliphatic rings. The minimum Gasteiger partial charge on any atom is -0.331 e. The van der Waals surface area contributed by atoms with E-state index in [4.69, 9.17) is 11.0 Å². The lowest BCUT2D eigenvalue weighted by Gasteiger charge is -2.05. The zero-order chi connectivity index (χ0) is 11.7. The molecule has 0 bridgehead atoms. The van der Waals surface area contributed by atoms with Crippen LogP contribution in [0.15, 0.2) is 18.2 Å². The Bertz CT molecular complexity index is 578. The summed E-state index contributed by atoms with van der Waals surface area (Å²) in [7, 11) is 0. The fourth-order valence-electron chi connectivity index (χ4n) is 1.95. The molecule has 0 unspecified atom stereocenters. The Morgan fingerprint density at radius 2 is 2.19 bits per heavy atom. The molecular formula is C12H12FN3. The predicted octanol–water partition coefficient (Wildman–Crippen LogP) is 1.92. The Morgan fingerprint density at radius 3 is 2.81 bits per heavy atom. The van der Waals surface area contributed by atoms with Crippen LogP contribution in [0, 0.1) is 24.1 Å². The van der Waals surface area contributed by atoms with Crippen molar-refractivity contribution < 1.29 is 4.39 Å². The van der Waals surface area contributed by atoms with Crippen LogP contribution >= 0.6 is 0 Å². The SMILES string of the molecule is Cc1cc(F)cc2c1cc(C#N)n2CCN. The molecule has 4 heteroatoms. The summed E-state index contributed by atoms with van der Waals surface area (Å²) in [5.74, 6) is -0.286. The molecule has 2 aromatic rings. The quantitative estimate of drug-likeness (QED) is 0.835. The van der Waals surface area contributed by atoms with Crippen molar-refractivity contribution in [1.82, 2.24) is 4.57 Å². The number of hydrogen-bond acceptors (Lipinski definition) is 2. The summed E-state index contributed by atoms with van der Waals surface area (Å²) in [5.41, 5.74) is 7.58.